The van der Waals surface area contributed by atoms with E-state index in [2.05, 4.69) is 21.2 Å². The van der Waals surface area contributed by atoms with Gasteiger partial charge in [0, 0.05) is 16.7 Å². The summed E-state index contributed by atoms with van der Waals surface area (Å²) in [7, 11) is 0. The zero-order valence-electron chi connectivity index (χ0n) is 9.69. The van der Waals surface area contributed by atoms with Crippen LogP contribution in [0.4, 0.5) is 5.69 Å². The van der Waals surface area contributed by atoms with E-state index in [1.807, 2.05) is 24.3 Å². The molecule has 0 radical (unpaired) electrons. The van der Waals surface area contributed by atoms with Crippen molar-refractivity contribution in [2.45, 2.75) is 6.54 Å². The van der Waals surface area contributed by atoms with Gasteiger partial charge in [-0.25, -0.2) is 0 Å². The summed E-state index contributed by atoms with van der Waals surface area (Å²) in [5.74, 6) is -0.163. The van der Waals surface area contributed by atoms with Gasteiger partial charge in [0.2, 0.25) is 0 Å². The Bertz CT molecular complexity index is 569. The molecule has 0 saturated carbocycles. The molecule has 0 saturated heterocycles. The van der Waals surface area contributed by atoms with Gasteiger partial charge in [-0.1, -0.05) is 46.3 Å². The normalized spacial score (nSPS) is 10.1. The van der Waals surface area contributed by atoms with E-state index >= 15 is 0 Å². The zero-order valence-corrected chi connectivity index (χ0v) is 11.3. The summed E-state index contributed by atoms with van der Waals surface area (Å²) in [5.41, 5.74) is 7.77. The van der Waals surface area contributed by atoms with E-state index in [0.29, 0.717) is 17.8 Å². The number of rotatable bonds is 3. The number of amides is 1. The molecule has 3 N–H and O–H groups in total. The van der Waals surface area contributed by atoms with Crippen molar-refractivity contribution in [3.63, 3.8) is 0 Å². The van der Waals surface area contributed by atoms with Crippen molar-refractivity contribution in [2.24, 2.45) is 0 Å². The first-order chi connectivity index (χ1) is 8.68. The second kappa shape index (κ2) is 5.69. The lowest BCUT2D eigenvalue weighted by atomic mass is 10.1. The molecule has 0 fully saturated rings. The third kappa shape index (κ3) is 2.90. The van der Waals surface area contributed by atoms with Gasteiger partial charge in [-0.05, 0) is 23.8 Å². The molecule has 2 rings (SSSR count). The number of carbonyl (C=O) groups is 1. The molecule has 0 unspecified atom stereocenters. The van der Waals surface area contributed by atoms with Crippen LogP contribution in [0.2, 0.25) is 0 Å². The summed E-state index contributed by atoms with van der Waals surface area (Å²) in [5, 5.41) is 2.85. The van der Waals surface area contributed by atoms with Gasteiger partial charge in [0.05, 0.1) is 5.56 Å². The topological polar surface area (TPSA) is 55.1 Å². The minimum absolute atomic E-state index is 0.163. The minimum atomic E-state index is -0.163. The van der Waals surface area contributed by atoms with Crippen LogP contribution in [0, 0.1) is 0 Å². The number of hydrogen-bond donors (Lipinski definition) is 2. The van der Waals surface area contributed by atoms with Crippen LogP contribution < -0.4 is 11.1 Å². The molecular formula is C14H13BrN2O. The molecule has 1 amide bonds. The van der Waals surface area contributed by atoms with E-state index in [1.165, 1.54) is 0 Å². The molecular weight excluding hydrogens is 292 g/mol. The van der Waals surface area contributed by atoms with E-state index in [9.17, 15) is 4.79 Å². The Balaban J connectivity index is 2.06. The third-order valence-corrected chi connectivity index (χ3v) is 3.38. The average Bonchev–Trinajstić information content (AvgIpc) is 2.38. The minimum Gasteiger partial charge on any atom is -0.398 e. The van der Waals surface area contributed by atoms with Crippen molar-refractivity contribution in [1.82, 2.24) is 5.32 Å². The Morgan fingerprint density at radius 2 is 1.78 bits per heavy atom. The van der Waals surface area contributed by atoms with Crippen LogP contribution in [-0.2, 0) is 6.54 Å². The smallest absolute Gasteiger partial charge is 0.253 e. The summed E-state index contributed by atoms with van der Waals surface area (Å²) in [6.45, 7) is 0.467. The molecule has 2 aromatic carbocycles. The second-order valence-corrected chi connectivity index (χ2v) is 4.72. The van der Waals surface area contributed by atoms with E-state index in [4.69, 9.17) is 5.73 Å². The zero-order chi connectivity index (χ0) is 13.0. The van der Waals surface area contributed by atoms with Crippen molar-refractivity contribution >= 4 is 27.5 Å². The SMILES string of the molecule is Nc1ccccc1C(=O)NCc1ccccc1Br. The number of hydrogen-bond acceptors (Lipinski definition) is 2. The Morgan fingerprint density at radius 1 is 1.11 bits per heavy atom. The maximum atomic E-state index is 11.9. The summed E-state index contributed by atoms with van der Waals surface area (Å²) < 4.78 is 0.978. The van der Waals surface area contributed by atoms with Gasteiger partial charge in [-0.2, -0.15) is 0 Å². The van der Waals surface area contributed by atoms with Crippen LogP contribution in [0.3, 0.4) is 0 Å². The van der Waals surface area contributed by atoms with Crippen LogP contribution in [0.15, 0.2) is 53.0 Å². The van der Waals surface area contributed by atoms with Crippen molar-refractivity contribution in [2.75, 3.05) is 5.73 Å². The highest BCUT2D eigenvalue weighted by atomic mass is 79.9. The second-order valence-electron chi connectivity index (χ2n) is 3.86. The van der Waals surface area contributed by atoms with Crippen LogP contribution in [0.1, 0.15) is 15.9 Å². The van der Waals surface area contributed by atoms with Gasteiger partial charge >= 0.3 is 0 Å². The van der Waals surface area contributed by atoms with E-state index in [0.717, 1.165) is 10.0 Å². The van der Waals surface area contributed by atoms with Gasteiger partial charge in [0.1, 0.15) is 0 Å². The summed E-state index contributed by atoms with van der Waals surface area (Å²) >= 11 is 3.44. The molecule has 2 aromatic rings. The van der Waals surface area contributed by atoms with Crippen LogP contribution in [0.5, 0.6) is 0 Å². The molecule has 3 nitrogen and oxygen atoms in total. The first-order valence-electron chi connectivity index (χ1n) is 5.54. The lowest BCUT2D eigenvalue weighted by molar-refractivity contribution is 0.0951. The number of nitrogens with two attached hydrogens (primary N) is 1. The average molecular weight is 305 g/mol. The number of benzene rings is 2. The lowest BCUT2D eigenvalue weighted by Gasteiger charge is -2.08. The fraction of sp³-hybridized carbons (Fsp3) is 0.0714. The fourth-order valence-corrected chi connectivity index (χ4v) is 2.04. The number of carbonyl (C=O) groups excluding carboxylic acids is 1. The molecule has 0 spiro atoms. The molecule has 0 aliphatic rings. The molecule has 0 heterocycles. The van der Waals surface area contributed by atoms with Gasteiger partial charge in [-0.15, -0.1) is 0 Å². The van der Waals surface area contributed by atoms with Gasteiger partial charge in [0.25, 0.3) is 5.91 Å². The number of anilines is 1. The maximum Gasteiger partial charge on any atom is 0.253 e. The first kappa shape index (κ1) is 12.6. The summed E-state index contributed by atoms with van der Waals surface area (Å²) in [6, 6.07) is 14.8. The van der Waals surface area contributed by atoms with Gasteiger partial charge in [-0.3, -0.25) is 4.79 Å². The summed E-state index contributed by atoms with van der Waals surface area (Å²) in [6.07, 6.45) is 0. The Labute approximate surface area is 114 Å². The van der Waals surface area contributed by atoms with E-state index < -0.39 is 0 Å². The molecule has 0 bridgehead atoms. The van der Waals surface area contributed by atoms with Crippen LogP contribution >= 0.6 is 15.9 Å². The Kier molecular flexibility index (Phi) is 3.99. The Hall–Kier alpha value is -1.81. The van der Waals surface area contributed by atoms with Gasteiger partial charge < -0.3 is 11.1 Å². The van der Waals surface area contributed by atoms with Crippen LogP contribution in [0.25, 0.3) is 0 Å². The number of para-hydroxylation sites is 1. The molecule has 18 heavy (non-hydrogen) atoms. The highest BCUT2D eigenvalue weighted by molar-refractivity contribution is 9.10. The highest BCUT2D eigenvalue weighted by Crippen LogP contribution is 2.16. The van der Waals surface area contributed by atoms with Crippen molar-refractivity contribution in [1.29, 1.82) is 0 Å². The molecule has 92 valence electrons. The van der Waals surface area contributed by atoms with Crippen molar-refractivity contribution < 1.29 is 4.79 Å². The molecule has 0 aliphatic carbocycles. The number of nitrogen functional groups attached to an aromatic ring is 1. The van der Waals surface area contributed by atoms with E-state index in [1.54, 1.807) is 24.3 Å². The number of nitrogens with one attached hydrogen (secondary N) is 1. The Morgan fingerprint density at radius 3 is 2.50 bits per heavy atom. The molecule has 0 aliphatic heterocycles. The summed E-state index contributed by atoms with van der Waals surface area (Å²) in [4.78, 5) is 11.9. The third-order valence-electron chi connectivity index (χ3n) is 2.60. The van der Waals surface area contributed by atoms with Gasteiger partial charge in [0.15, 0.2) is 0 Å². The molecule has 4 heteroatoms. The predicted molar refractivity (Wildman–Crippen MR) is 76.2 cm³/mol. The quantitative estimate of drug-likeness (QED) is 0.857. The highest BCUT2D eigenvalue weighted by Gasteiger charge is 2.08. The van der Waals surface area contributed by atoms with E-state index in [-0.39, 0.29) is 5.91 Å². The lowest BCUT2D eigenvalue weighted by Crippen LogP contribution is -2.23. The predicted octanol–water partition coefficient (Wildman–Crippen LogP) is 2.96. The fourth-order valence-electron chi connectivity index (χ4n) is 1.62. The molecule has 0 aromatic heterocycles. The maximum absolute atomic E-state index is 11.9. The molecule has 0 atom stereocenters. The number of halogens is 1. The van der Waals surface area contributed by atoms with Crippen molar-refractivity contribution in [3.05, 3.63) is 64.1 Å². The van der Waals surface area contributed by atoms with Crippen LogP contribution in [-0.4, -0.2) is 5.91 Å². The monoisotopic (exact) mass is 304 g/mol. The first-order valence-corrected chi connectivity index (χ1v) is 6.34. The van der Waals surface area contributed by atoms with Crippen molar-refractivity contribution in [3.8, 4) is 0 Å². The largest absolute Gasteiger partial charge is 0.398 e. The standard InChI is InChI=1S/C14H13BrN2O/c15-12-7-3-1-5-10(12)9-17-14(18)11-6-2-4-8-13(11)16/h1-8H,9,16H2,(H,17,18).